The van der Waals surface area contributed by atoms with Gasteiger partial charge >= 0.3 is 11.9 Å². The van der Waals surface area contributed by atoms with E-state index in [0.29, 0.717) is 5.56 Å². The number of carbonyl (C=O) groups is 2. The molecule has 0 saturated heterocycles. The quantitative estimate of drug-likeness (QED) is 0.807. The fraction of sp³-hybridized carbons (Fsp3) is 0.429. The van der Waals surface area contributed by atoms with Crippen molar-refractivity contribution in [2.75, 3.05) is 0 Å². The molecular formula is C14H19NO4. The van der Waals surface area contributed by atoms with Crippen molar-refractivity contribution in [1.29, 1.82) is 0 Å². The molecule has 0 bridgehead atoms. The van der Waals surface area contributed by atoms with Gasteiger partial charge in [-0.15, -0.1) is 0 Å². The summed E-state index contributed by atoms with van der Waals surface area (Å²) in [5.41, 5.74) is 6.10. The van der Waals surface area contributed by atoms with Crippen LogP contribution in [0.4, 0.5) is 0 Å². The summed E-state index contributed by atoms with van der Waals surface area (Å²) >= 11 is 0. The van der Waals surface area contributed by atoms with Gasteiger partial charge < -0.3 is 15.6 Å². The van der Waals surface area contributed by atoms with Gasteiger partial charge in [-0.1, -0.05) is 12.1 Å². The van der Waals surface area contributed by atoms with E-state index in [1.54, 1.807) is 45.0 Å². The first-order valence-electron chi connectivity index (χ1n) is 6.00. The number of hydrogen-bond acceptors (Lipinski definition) is 4. The molecular weight excluding hydrogens is 246 g/mol. The molecule has 19 heavy (non-hydrogen) atoms. The van der Waals surface area contributed by atoms with E-state index < -0.39 is 23.6 Å². The number of esters is 1. The summed E-state index contributed by atoms with van der Waals surface area (Å²) in [6, 6.07) is 5.65. The largest absolute Gasteiger partial charge is 0.480 e. The second-order valence-corrected chi connectivity index (χ2v) is 5.35. The van der Waals surface area contributed by atoms with Gasteiger partial charge in [-0.2, -0.15) is 0 Å². The molecule has 1 aromatic carbocycles. The number of rotatable bonds is 4. The van der Waals surface area contributed by atoms with E-state index in [1.807, 2.05) is 0 Å². The summed E-state index contributed by atoms with van der Waals surface area (Å²) in [6.45, 7) is 5.39. The third-order valence-corrected chi connectivity index (χ3v) is 2.36. The Morgan fingerprint density at radius 3 is 2.21 bits per heavy atom. The maximum absolute atomic E-state index is 11.8. The molecule has 1 rings (SSSR count). The number of carboxylic acid groups (broad SMARTS) is 1. The van der Waals surface area contributed by atoms with Crippen molar-refractivity contribution in [3.05, 3.63) is 35.4 Å². The fourth-order valence-electron chi connectivity index (χ4n) is 1.46. The summed E-state index contributed by atoms with van der Waals surface area (Å²) in [5.74, 6) is -1.45. The molecule has 0 unspecified atom stereocenters. The molecule has 0 heterocycles. The maximum Gasteiger partial charge on any atom is 0.338 e. The molecule has 104 valence electrons. The third-order valence-electron chi connectivity index (χ3n) is 2.36. The number of benzene rings is 1. The smallest absolute Gasteiger partial charge is 0.338 e. The van der Waals surface area contributed by atoms with Gasteiger partial charge in [0.1, 0.15) is 11.6 Å². The predicted molar refractivity (Wildman–Crippen MR) is 70.9 cm³/mol. The Morgan fingerprint density at radius 1 is 1.26 bits per heavy atom. The highest BCUT2D eigenvalue weighted by molar-refractivity contribution is 5.89. The third kappa shape index (κ3) is 5.09. The Hall–Kier alpha value is -1.88. The van der Waals surface area contributed by atoms with Gasteiger partial charge in [-0.3, -0.25) is 4.79 Å². The zero-order valence-electron chi connectivity index (χ0n) is 11.3. The molecule has 5 heteroatoms. The standard InChI is InChI=1S/C14H19NO4/c1-14(2,3)19-13(18)10-6-4-9(5-7-10)8-11(15)12(16)17/h4-7,11H,8,15H2,1-3H3,(H,16,17)/t11-/m1/s1. The number of aliphatic carboxylic acids is 1. The van der Waals surface area contributed by atoms with Crippen LogP contribution in [0.1, 0.15) is 36.7 Å². The summed E-state index contributed by atoms with van der Waals surface area (Å²) in [7, 11) is 0. The van der Waals surface area contributed by atoms with Crippen LogP contribution in [-0.4, -0.2) is 28.7 Å². The first kappa shape index (κ1) is 15.2. The Morgan fingerprint density at radius 2 is 1.79 bits per heavy atom. The van der Waals surface area contributed by atoms with E-state index in [1.165, 1.54) is 0 Å². The molecule has 0 aliphatic heterocycles. The Labute approximate surface area is 112 Å². The van der Waals surface area contributed by atoms with Crippen molar-refractivity contribution in [3.63, 3.8) is 0 Å². The van der Waals surface area contributed by atoms with Gasteiger partial charge in [0.15, 0.2) is 0 Å². The second kappa shape index (κ2) is 5.84. The van der Waals surface area contributed by atoms with E-state index in [9.17, 15) is 9.59 Å². The van der Waals surface area contributed by atoms with Crippen LogP contribution in [0.2, 0.25) is 0 Å². The number of nitrogens with two attached hydrogens (primary N) is 1. The van der Waals surface area contributed by atoms with E-state index in [2.05, 4.69) is 0 Å². The molecule has 3 N–H and O–H groups in total. The minimum absolute atomic E-state index is 0.226. The fourth-order valence-corrected chi connectivity index (χ4v) is 1.46. The molecule has 1 aromatic rings. The van der Waals surface area contributed by atoms with Crippen molar-refractivity contribution < 1.29 is 19.4 Å². The highest BCUT2D eigenvalue weighted by Gasteiger charge is 2.18. The van der Waals surface area contributed by atoms with Gasteiger partial charge in [-0.05, 0) is 44.9 Å². The highest BCUT2D eigenvalue weighted by Crippen LogP contribution is 2.13. The van der Waals surface area contributed by atoms with E-state index in [4.69, 9.17) is 15.6 Å². The van der Waals surface area contributed by atoms with Crippen LogP contribution in [0.15, 0.2) is 24.3 Å². The Bertz CT molecular complexity index is 459. The summed E-state index contributed by atoms with van der Waals surface area (Å²) in [4.78, 5) is 22.4. The number of ether oxygens (including phenoxy) is 1. The van der Waals surface area contributed by atoms with Gasteiger partial charge in [-0.25, -0.2) is 4.79 Å². The molecule has 1 atom stereocenters. The van der Waals surface area contributed by atoms with Crippen LogP contribution in [0, 0.1) is 0 Å². The minimum atomic E-state index is -1.05. The lowest BCUT2D eigenvalue weighted by atomic mass is 10.0. The molecule has 0 saturated carbocycles. The molecule has 0 amide bonds. The summed E-state index contributed by atoms with van der Waals surface area (Å²) in [5, 5.41) is 8.71. The van der Waals surface area contributed by atoms with Gasteiger partial charge in [0.05, 0.1) is 5.56 Å². The first-order valence-corrected chi connectivity index (χ1v) is 6.00. The number of hydrogen-bond donors (Lipinski definition) is 2. The summed E-state index contributed by atoms with van der Waals surface area (Å²) < 4.78 is 5.23. The molecule has 0 radical (unpaired) electrons. The maximum atomic E-state index is 11.8. The second-order valence-electron chi connectivity index (χ2n) is 5.35. The van der Waals surface area contributed by atoms with Gasteiger partial charge in [0.2, 0.25) is 0 Å². The Balaban J connectivity index is 2.71. The van der Waals surface area contributed by atoms with E-state index in [-0.39, 0.29) is 6.42 Å². The minimum Gasteiger partial charge on any atom is -0.480 e. The lowest BCUT2D eigenvalue weighted by Crippen LogP contribution is -2.32. The molecule has 0 fully saturated rings. The van der Waals surface area contributed by atoms with Gasteiger partial charge in [0.25, 0.3) is 0 Å². The van der Waals surface area contributed by atoms with E-state index >= 15 is 0 Å². The average Bonchev–Trinajstić information content (AvgIpc) is 2.27. The van der Waals surface area contributed by atoms with Crippen LogP contribution in [0.3, 0.4) is 0 Å². The molecule has 5 nitrogen and oxygen atoms in total. The SMILES string of the molecule is CC(C)(C)OC(=O)c1ccc(C[C@@H](N)C(=O)O)cc1. The number of carboxylic acids is 1. The molecule has 0 aliphatic carbocycles. The summed E-state index contributed by atoms with van der Waals surface area (Å²) in [6.07, 6.45) is 0.226. The molecule has 0 aromatic heterocycles. The van der Waals surface area contributed by atoms with Gasteiger partial charge in [0, 0.05) is 0 Å². The Kier molecular flexibility index (Phi) is 4.67. The van der Waals surface area contributed by atoms with Crippen LogP contribution in [-0.2, 0) is 16.0 Å². The van der Waals surface area contributed by atoms with Crippen molar-refractivity contribution in [1.82, 2.24) is 0 Å². The van der Waals surface area contributed by atoms with Crippen molar-refractivity contribution >= 4 is 11.9 Å². The van der Waals surface area contributed by atoms with Crippen molar-refractivity contribution in [2.24, 2.45) is 5.73 Å². The lowest BCUT2D eigenvalue weighted by molar-refractivity contribution is -0.138. The first-order chi connectivity index (χ1) is 8.69. The monoisotopic (exact) mass is 265 g/mol. The average molecular weight is 265 g/mol. The topological polar surface area (TPSA) is 89.6 Å². The zero-order chi connectivity index (χ0) is 14.6. The zero-order valence-corrected chi connectivity index (χ0v) is 11.3. The van der Waals surface area contributed by atoms with Crippen LogP contribution in [0.5, 0.6) is 0 Å². The molecule has 0 spiro atoms. The normalized spacial score (nSPS) is 12.8. The number of carbonyl (C=O) groups excluding carboxylic acids is 1. The van der Waals surface area contributed by atoms with E-state index in [0.717, 1.165) is 5.56 Å². The highest BCUT2D eigenvalue weighted by atomic mass is 16.6. The van der Waals surface area contributed by atoms with Crippen molar-refractivity contribution in [3.8, 4) is 0 Å². The lowest BCUT2D eigenvalue weighted by Gasteiger charge is -2.19. The van der Waals surface area contributed by atoms with Crippen molar-refractivity contribution in [2.45, 2.75) is 38.8 Å². The van der Waals surface area contributed by atoms with Crippen LogP contribution >= 0.6 is 0 Å². The molecule has 0 aliphatic rings. The predicted octanol–water partition coefficient (Wildman–Crippen LogP) is 1.60. The van der Waals surface area contributed by atoms with Crippen LogP contribution < -0.4 is 5.73 Å². The van der Waals surface area contributed by atoms with Crippen LogP contribution in [0.25, 0.3) is 0 Å².